The molecule has 4 unspecified atom stereocenters. The number of hydrogen-bond donors (Lipinski definition) is 0. The van der Waals surface area contributed by atoms with Crippen molar-refractivity contribution in [3.8, 4) is 11.5 Å². The van der Waals surface area contributed by atoms with Crippen molar-refractivity contribution in [3.05, 3.63) is 70.8 Å². The number of allylic oxidation sites excluding steroid dienone is 4. The molecule has 46 heavy (non-hydrogen) atoms. The molecule has 0 N–H and O–H groups in total. The molecule has 4 atom stereocenters. The van der Waals surface area contributed by atoms with Crippen LogP contribution in [0, 0.1) is 11.8 Å². The summed E-state index contributed by atoms with van der Waals surface area (Å²) in [5.74, 6) is 5.10. The third-order valence-corrected chi connectivity index (χ3v) is 12.1. The summed E-state index contributed by atoms with van der Waals surface area (Å²) >= 11 is 0. The van der Waals surface area contributed by atoms with Gasteiger partial charge in [0.05, 0.1) is 13.2 Å². The molecule has 0 radical (unpaired) electrons. The van der Waals surface area contributed by atoms with E-state index in [2.05, 4.69) is 48.6 Å². The topological polar surface area (TPSA) is 43.5 Å². The van der Waals surface area contributed by atoms with Gasteiger partial charge in [0.1, 0.15) is 36.9 Å². The number of rotatable bonds is 11. The van der Waals surface area contributed by atoms with Crippen molar-refractivity contribution in [2.24, 2.45) is 11.8 Å². The Kier molecular flexibility index (Phi) is 9.55. The first-order valence-electron chi connectivity index (χ1n) is 18.9. The van der Waals surface area contributed by atoms with Crippen LogP contribution in [0.15, 0.2) is 48.6 Å². The molecule has 4 fully saturated rings. The quantitative estimate of drug-likeness (QED) is 0.234. The molecule has 4 heteroatoms. The molecule has 2 aromatic carbocycles. The summed E-state index contributed by atoms with van der Waals surface area (Å²) in [5, 5.41) is 0. The molecule has 2 saturated carbocycles. The first kappa shape index (κ1) is 30.8. The fourth-order valence-corrected chi connectivity index (χ4v) is 9.01. The average molecular weight is 623 g/mol. The van der Waals surface area contributed by atoms with Crippen LogP contribution in [0.4, 0.5) is 0 Å². The molecule has 2 heterocycles. The lowest BCUT2D eigenvalue weighted by Crippen LogP contribution is -2.19. The van der Waals surface area contributed by atoms with Crippen LogP contribution in [0.3, 0.4) is 0 Å². The van der Waals surface area contributed by atoms with E-state index in [4.69, 9.17) is 18.9 Å². The Bertz CT molecular complexity index is 1300. The second kappa shape index (κ2) is 14.3. The molecule has 0 amide bonds. The van der Waals surface area contributed by atoms with Gasteiger partial charge in [-0.2, -0.15) is 0 Å². The molecule has 6 aliphatic rings. The Morgan fingerprint density at radius 2 is 0.978 bits per heavy atom. The fraction of sp³-hybridized carbons (Fsp3) is 0.619. The summed E-state index contributed by atoms with van der Waals surface area (Å²) in [4.78, 5) is 0. The average Bonchev–Trinajstić information content (AvgIpc) is 4.07. The fourth-order valence-electron chi connectivity index (χ4n) is 9.01. The standard InChI is InChI=1S/C42H54O4/c1-3-7-33(8-4-1)39-23-35(19-21-41(39)45-27-37-25-43-37)31-15-11-29(12-16-31)30-13-17-32(18-14-30)36-20-22-42(46-28-38-26-44-38)40(24-36)34-9-5-2-6-10-34/h15,17,19-24,29-30,33-34,37-38H,1-14,16,18,25-28H2. The number of hydrogen-bond acceptors (Lipinski definition) is 4. The van der Waals surface area contributed by atoms with E-state index < -0.39 is 0 Å². The van der Waals surface area contributed by atoms with Gasteiger partial charge >= 0.3 is 0 Å². The van der Waals surface area contributed by atoms with E-state index in [9.17, 15) is 0 Å². The second-order valence-electron chi connectivity index (χ2n) is 15.2. The molecule has 2 saturated heterocycles. The highest BCUT2D eigenvalue weighted by molar-refractivity contribution is 5.69. The molecule has 2 aromatic rings. The zero-order valence-electron chi connectivity index (χ0n) is 27.9. The third kappa shape index (κ3) is 7.44. The van der Waals surface area contributed by atoms with Gasteiger partial charge in [0, 0.05) is 0 Å². The Balaban J connectivity index is 0.921. The van der Waals surface area contributed by atoms with E-state index in [1.165, 1.54) is 125 Å². The minimum atomic E-state index is 0.300. The molecule has 2 aliphatic heterocycles. The molecule has 8 rings (SSSR count). The maximum atomic E-state index is 6.30. The van der Waals surface area contributed by atoms with Gasteiger partial charge < -0.3 is 18.9 Å². The molecule has 0 aromatic heterocycles. The van der Waals surface area contributed by atoms with E-state index in [0.29, 0.717) is 37.3 Å². The zero-order valence-corrected chi connectivity index (χ0v) is 27.9. The van der Waals surface area contributed by atoms with Crippen LogP contribution in [0.5, 0.6) is 11.5 Å². The van der Waals surface area contributed by atoms with Gasteiger partial charge in [-0.3, -0.25) is 0 Å². The van der Waals surface area contributed by atoms with Gasteiger partial charge in [-0.05, 0) is 146 Å². The van der Waals surface area contributed by atoms with Crippen LogP contribution >= 0.6 is 0 Å². The largest absolute Gasteiger partial charge is 0.490 e. The normalized spacial score (nSPS) is 28.7. The summed E-state index contributed by atoms with van der Waals surface area (Å²) in [6.07, 6.45) is 26.6. The van der Waals surface area contributed by atoms with Gasteiger partial charge in [-0.1, -0.05) is 62.8 Å². The van der Waals surface area contributed by atoms with Gasteiger partial charge in [0.2, 0.25) is 0 Å². The van der Waals surface area contributed by atoms with E-state index in [1.54, 1.807) is 11.1 Å². The Hall–Kier alpha value is -2.56. The second-order valence-corrected chi connectivity index (χ2v) is 15.2. The number of benzene rings is 2. The van der Waals surface area contributed by atoms with Crippen molar-refractivity contribution in [1.82, 2.24) is 0 Å². The maximum Gasteiger partial charge on any atom is 0.122 e. The minimum Gasteiger partial charge on any atom is -0.490 e. The van der Waals surface area contributed by atoms with Crippen LogP contribution in [-0.2, 0) is 9.47 Å². The lowest BCUT2D eigenvalue weighted by molar-refractivity contribution is 0.258. The summed E-state index contributed by atoms with van der Waals surface area (Å²) in [5.41, 5.74) is 8.89. The van der Waals surface area contributed by atoms with Crippen molar-refractivity contribution in [3.63, 3.8) is 0 Å². The van der Waals surface area contributed by atoms with Gasteiger partial charge in [0.25, 0.3) is 0 Å². The Morgan fingerprint density at radius 1 is 0.543 bits per heavy atom. The van der Waals surface area contributed by atoms with E-state index in [0.717, 1.165) is 36.5 Å². The lowest BCUT2D eigenvalue weighted by atomic mass is 9.73. The molecule has 4 aliphatic carbocycles. The monoisotopic (exact) mass is 622 g/mol. The summed E-state index contributed by atoms with van der Waals surface area (Å²) in [7, 11) is 0. The molecule has 4 nitrogen and oxygen atoms in total. The van der Waals surface area contributed by atoms with Crippen molar-refractivity contribution in [2.75, 3.05) is 26.4 Å². The minimum absolute atomic E-state index is 0.300. The van der Waals surface area contributed by atoms with Crippen LogP contribution in [-0.4, -0.2) is 38.6 Å². The van der Waals surface area contributed by atoms with E-state index in [-0.39, 0.29) is 0 Å². The van der Waals surface area contributed by atoms with E-state index >= 15 is 0 Å². The first-order valence-corrected chi connectivity index (χ1v) is 18.9. The highest BCUT2D eigenvalue weighted by atomic mass is 16.6. The van der Waals surface area contributed by atoms with Gasteiger partial charge in [0.15, 0.2) is 0 Å². The maximum absolute atomic E-state index is 6.30. The summed E-state index contributed by atoms with van der Waals surface area (Å²) < 4.78 is 23.4. The summed E-state index contributed by atoms with van der Waals surface area (Å²) in [6, 6.07) is 14.2. The van der Waals surface area contributed by atoms with Crippen molar-refractivity contribution >= 4 is 11.1 Å². The van der Waals surface area contributed by atoms with Crippen molar-refractivity contribution in [1.29, 1.82) is 0 Å². The van der Waals surface area contributed by atoms with E-state index in [1.807, 2.05) is 0 Å². The number of ether oxygens (including phenoxy) is 4. The summed E-state index contributed by atoms with van der Waals surface area (Å²) in [6.45, 7) is 3.09. The highest BCUT2D eigenvalue weighted by Crippen LogP contribution is 2.45. The molecular weight excluding hydrogens is 568 g/mol. The third-order valence-electron chi connectivity index (χ3n) is 12.1. The Morgan fingerprint density at radius 3 is 1.35 bits per heavy atom. The van der Waals surface area contributed by atoms with Crippen LogP contribution < -0.4 is 9.47 Å². The molecular formula is C42H54O4. The SMILES string of the molecule is C1=C(c2ccc(OCC3CO3)c(C3CCCCC3)c2)CCC(C2CC=C(c3ccc(OCC4CO4)c(C4CCCCC4)c3)CC2)C1. The highest BCUT2D eigenvalue weighted by Gasteiger charge is 2.30. The first-order chi connectivity index (χ1) is 22.8. The van der Waals surface area contributed by atoms with Crippen LogP contribution in [0.25, 0.3) is 11.1 Å². The lowest BCUT2D eigenvalue weighted by Gasteiger charge is -2.33. The molecule has 0 spiro atoms. The zero-order chi connectivity index (χ0) is 30.7. The van der Waals surface area contributed by atoms with Crippen molar-refractivity contribution in [2.45, 2.75) is 127 Å². The Labute approximate surface area is 276 Å². The smallest absolute Gasteiger partial charge is 0.122 e. The molecule has 246 valence electrons. The van der Waals surface area contributed by atoms with Crippen molar-refractivity contribution < 1.29 is 18.9 Å². The predicted molar refractivity (Wildman–Crippen MR) is 186 cm³/mol. The predicted octanol–water partition coefficient (Wildman–Crippen LogP) is 10.4. The van der Waals surface area contributed by atoms with Crippen LogP contribution in [0.1, 0.15) is 137 Å². The van der Waals surface area contributed by atoms with Crippen LogP contribution in [0.2, 0.25) is 0 Å². The van der Waals surface area contributed by atoms with Gasteiger partial charge in [-0.15, -0.1) is 0 Å². The number of epoxide rings is 2. The van der Waals surface area contributed by atoms with Gasteiger partial charge in [-0.25, -0.2) is 0 Å². The molecule has 0 bridgehead atoms.